The molecule has 0 radical (unpaired) electrons. The number of methoxy groups -OCH3 is 1. The van der Waals surface area contributed by atoms with Crippen LogP contribution in [0.15, 0.2) is 42.5 Å². The lowest BCUT2D eigenvalue weighted by molar-refractivity contribution is -0.140. The molecule has 1 amide bonds. The third-order valence-electron chi connectivity index (χ3n) is 6.62. The molecule has 7 nitrogen and oxygen atoms in total. The van der Waals surface area contributed by atoms with Crippen molar-refractivity contribution in [3.8, 4) is 0 Å². The Kier molecular flexibility index (Phi) is 7.19. The zero-order chi connectivity index (χ0) is 26.1. The van der Waals surface area contributed by atoms with Crippen molar-refractivity contribution in [3.05, 3.63) is 65.0 Å². The summed E-state index contributed by atoms with van der Waals surface area (Å²) in [5.74, 6) is 0.871. The zero-order valence-electron chi connectivity index (χ0n) is 20.4. The minimum Gasteiger partial charge on any atom is -0.385 e. The molecule has 1 aromatic heterocycles. The molecular weight excluding hydrogens is 473 g/mol. The molecule has 1 aliphatic rings. The van der Waals surface area contributed by atoms with Gasteiger partial charge in [-0.3, -0.25) is 4.79 Å². The highest BCUT2D eigenvalue weighted by molar-refractivity contribution is 5.90. The van der Waals surface area contributed by atoms with Gasteiger partial charge in [0.1, 0.15) is 18.2 Å². The van der Waals surface area contributed by atoms with Crippen LogP contribution in [0.3, 0.4) is 0 Å². The fourth-order valence-electron chi connectivity index (χ4n) is 4.55. The van der Waals surface area contributed by atoms with E-state index in [1.807, 2.05) is 12.1 Å². The first kappa shape index (κ1) is 25.8. The number of aromatic nitrogens is 2. The van der Waals surface area contributed by atoms with E-state index in [9.17, 15) is 23.1 Å². The standard InChI is InChI=1S/C26H29F3N4O3/c1-16(18-5-4-6-20(13-18)26(27,28)29)30-24-21-14-19(7-8-22(21)31-17(2)32-24)25(35)9-11-33(12-10-25)23(34)15-36-3/h4-8,13-14,16,35H,9-12,15H2,1-3H3,(H,30,31,32)/t16-/m0/s1. The Hall–Kier alpha value is -3.24. The summed E-state index contributed by atoms with van der Waals surface area (Å²) >= 11 is 0. The maximum atomic E-state index is 13.2. The molecule has 10 heteroatoms. The van der Waals surface area contributed by atoms with Crippen molar-refractivity contribution in [2.24, 2.45) is 0 Å². The average Bonchev–Trinajstić information content (AvgIpc) is 2.84. The summed E-state index contributed by atoms with van der Waals surface area (Å²) in [7, 11) is 1.47. The summed E-state index contributed by atoms with van der Waals surface area (Å²) in [5, 5.41) is 15.3. The number of fused-ring (bicyclic) bond motifs is 1. The van der Waals surface area contributed by atoms with Gasteiger partial charge in [-0.25, -0.2) is 9.97 Å². The van der Waals surface area contributed by atoms with Gasteiger partial charge in [0.25, 0.3) is 0 Å². The Labute approximate surface area is 207 Å². The number of anilines is 1. The Morgan fingerprint density at radius 2 is 1.92 bits per heavy atom. The monoisotopic (exact) mass is 502 g/mol. The lowest BCUT2D eigenvalue weighted by Gasteiger charge is -2.38. The van der Waals surface area contributed by atoms with E-state index in [-0.39, 0.29) is 12.5 Å². The number of aryl methyl sites for hydroxylation is 1. The first-order valence-corrected chi connectivity index (χ1v) is 11.7. The molecule has 0 bridgehead atoms. The molecule has 0 aliphatic carbocycles. The smallest absolute Gasteiger partial charge is 0.385 e. The zero-order valence-corrected chi connectivity index (χ0v) is 20.4. The van der Waals surface area contributed by atoms with E-state index >= 15 is 0 Å². The van der Waals surface area contributed by atoms with Crippen LogP contribution in [-0.4, -0.2) is 52.7 Å². The Morgan fingerprint density at radius 1 is 1.19 bits per heavy atom. The molecule has 2 heterocycles. The van der Waals surface area contributed by atoms with Gasteiger partial charge in [0.05, 0.1) is 16.7 Å². The molecule has 2 aromatic carbocycles. The number of piperidine rings is 1. The highest BCUT2D eigenvalue weighted by Crippen LogP contribution is 2.36. The van der Waals surface area contributed by atoms with Crippen LogP contribution in [0.4, 0.5) is 19.0 Å². The number of hydrogen-bond donors (Lipinski definition) is 2. The maximum Gasteiger partial charge on any atom is 0.416 e. The van der Waals surface area contributed by atoms with Crippen molar-refractivity contribution in [1.82, 2.24) is 14.9 Å². The number of ether oxygens (including phenoxy) is 1. The van der Waals surface area contributed by atoms with Crippen LogP contribution in [0.1, 0.15) is 48.3 Å². The van der Waals surface area contributed by atoms with Gasteiger partial charge in [-0.2, -0.15) is 13.2 Å². The van der Waals surface area contributed by atoms with Gasteiger partial charge in [0.15, 0.2) is 0 Å². The molecule has 36 heavy (non-hydrogen) atoms. The molecule has 1 atom stereocenters. The summed E-state index contributed by atoms with van der Waals surface area (Å²) < 4.78 is 44.5. The number of benzene rings is 2. The number of nitrogens with zero attached hydrogens (tertiary/aromatic N) is 3. The van der Waals surface area contributed by atoms with Gasteiger partial charge in [-0.1, -0.05) is 18.2 Å². The predicted molar refractivity (Wildman–Crippen MR) is 129 cm³/mol. The van der Waals surface area contributed by atoms with E-state index in [0.29, 0.717) is 59.6 Å². The van der Waals surface area contributed by atoms with E-state index in [4.69, 9.17) is 4.74 Å². The Bertz CT molecular complexity index is 1260. The second kappa shape index (κ2) is 10.0. The fraction of sp³-hybridized carbons (Fsp3) is 0.423. The fourth-order valence-corrected chi connectivity index (χ4v) is 4.55. The molecule has 192 valence electrons. The predicted octanol–water partition coefficient (Wildman–Crippen LogP) is 4.59. The molecule has 2 N–H and O–H groups in total. The first-order valence-electron chi connectivity index (χ1n) is 11.7. The average molecular weight is 503 g/mol. The quantitative estimate of drug-likeness (QED) is 0.513. The van der Waals surface area contributed by atoms with Gasteiger partial charge in [-0.15, -0.1) is 0 Å². The number of nitrogens with one attached hydrogen (secondary N) is 1. The van der Waals surface area contributed by atoms with Crippen LogP contribution in [0.25, 0.3) is 10.9 Å². The number of carbonyl (C=O) groups excluding carboxylic acids is 1. The summed E-state index contributed by atoms with van der Waals surface area (Å²) in [6.07, 6.45) is -3.70. The lowest BCUT2D eigenvalue weighted by Crippen LogP contribution is -2.46. The van der Waals surface area contributed by atoms with Gasteiger partial charge in [0.2, 0.25) is 5.91 Å². The second-order valence-corrected chi connectivity index (χ2v) is 9.19. The highest BCUT2D eigenvalue weighted by atomic mass is 19.4. The van der Waals surface area contributed by atoms with Crippen LogP contribution < -0.4 is 5.32 Å². The van der Waals surface area contributed by atoms with Crippen LogP contribution in [0.5, 0.6) is 0 Å². The number of hydrogen-bond acceptors (Lipinski definition) is 6. The van der Waals surface area contributed by atoms with E-state index in [1.165, 1.54) is 13.2 Å². The Balaban J connectivity index is 1.62. The van der Waals surface area contributed by atoms with Crippen LogP contribution in [0, 0.1) is 6.92 Å². The first-order chi connectivity index (χ1) is 17.0. The maximum absolute atomic E-state index is 13.2. The summed E-state index contributed by atoms with van der Waals surface area (Å²) in [6.45, 7) is 4.32. The van der Waals surface area contributed by atoms with E-state index in [2.05, 4.69) is 15.3 Å². The number of likely N-dealkylation sites (tertiary alicyclic amines) is 1. The number of aliphatic hydroxyl groups is 1. The number of carbonyl (C=O) groups is 1. The molecule has 4 rings (SSSR count). The molecule has 0 spiro atoms. The van der Waals surface area contributed by atoms with Crippen molar-refractivity contribution in [3.63, 3.8) is 0 Å². The summed E-state index contributed by atoms with van der Waals surface area (Å²) in [4.78, 5) is 22.8. The van der Waals surface area contributed by atoms with Crippen molar-refractivity contribution in [2.75, 3.05) is 32.1 Å². The summed E-state index contributed by atoms with van der Waals surface area (Å²) in [6, 6.07) is 10.2. The largest absolute Gasteiger partial charge is 0.416 e. The van der Waals surface area contributed by atoms with Gasteiger partial charge in [-0.05, 0) is 62.1 Å². The van der Waals surface area contributed by atoms with Crippen molar-refractivity contribution in [2.45, 2.75) is 44.5 Å². The number of halogens is 3. The minimum absolute atomic E-state index is 0.00415. The molecule has 1 fully saturated rings. The van der Waals surface area contributed by atoms with Crippen LogP contribution >= 0.6 is 0 Å². The molecule has 0 unspecified atom stereocenters. The van der Waals surface area contributed by atoms with Gasteiger partial charge >= 0.3 is 6.18 Å². The minimum atomic E-state index is -4.43. The lowest BCUT2D eigenvalue weighted by atomic mass is 9.84. The topological polar surface area (TPSA) is 87.6 Å². The van der Waals surface area contributed by atoms with E-state index < -0.39 is 23.4 Å². The number of rotatable bonds is 6. The number of amides is 1. The third-order valence-corrected chi connectivity index (χ3v) is 6.62. The second-order valence-electron chi connectivity index (χ2n) is 9.19. The summed E-state index contributed by atoms with van der Waals surface area (Å²) in [5.41, 5.74) is -0.0426. The van der Waals surface area contributed by atoms with E-state index in [1.54, 1.807) is 30.9 Å². The normalized spacial score (nSPS) is 16.7. The molecular formula is C26H29F3N4O3. The SMILES string of the molecule is COCC(=O)N1CCC(O)(c2ccc3nc(C)nc(N[C@@H](C)c4cccc(C(F)(F)F)c4)c3c2)CC1. The van der Waals surface area contributed by atoms with Crippen molar-refractivity contribution < 1.29 is 27.8 Å². The van der Waals surface area contributed by atoms with Crippen molar-refractivity contribution >= 4 is 22.6 Å². The van der Waals surface area contributed by atoms with E-state index in [0.717, 1.165) is 12.1 Å². The molecule has 3 aromatic rings. The van der Waals surface area contributed by atoms with Crippen LogP contribution in [0.2, 0.25) is 0 Å². The van der Waals surface area contributed by atoms with Crippen LogP contribution in [-0.2, 0) is 21.3 Å². The molecule has 1 aliphatic heterocycles. The molecule has 1 saturated heterocycles. The van der Waals surface area contributed by atoms with Crippen molar-refractivity contribution in [1.29, 1.82) is 0 Å². The Morgan fingerprint density at radius 3 is 2.58 bits per heavy atom. The third kappa shape index (κ3) is 5.44. The molecule has 0 saturated carbocycles. The number of alkyl halides is 3. The van der Waals surface area contributed by atoms with Gasteiger partial charge in [0, 0.05) is 31.6 Å². The highest BCUT2D eigenvalue weighted by Gasteiger charge is 2.36. The van der Waals surface area contributed by atoms with Gasteiger partial charge < -0.3 is 20.1 Å².